The Morgan fingerprint density at radius 1 is 1.15 bits per heavy atom. The van der Waals surface area contributed by atoms with Crippen molar-refractivity contribution in [3.8, 4) is 11.4 Å². The number of carbonyl (C=O) groups excluding carboxylic acids is 1. The summed E-state index contributed by atoms with van der Waals surface area (Å²) in [4.78, 5) is 12.2. The number of nitrogens with zero attached hydrogens (tertiary/aromatic N) is 4. The summed E-state index contributed by atoms with van der Waals surface area (Å²) >= 11 is 0. The lowest BCUT2D eigenvalue weighted by Gasteiger charge is -2.05. The molecule has 1 amide bonds. The third kappa shape index (κ3) is 4.36. The molecule has 0 radical (unpaired) electrons. The summed E-state index contributed by atoms with van der Waals surface area (Å²) in [6.07, 6.45) is 3.01. The Morgan fingerprint density at radius 2 is 1.89 bits per heavy atom. The number of rotatable bonds is 7. The summed E-state index contributed by atoms with van der Waals surface area (Å²) in [5.41, 5.74) is 5.00. The molecule has 0 atom stereocenters. The molecule has 7 nitrogen and oxygen atoms in total. The van der Waals surface area contributed by atoms with E-state index in [4.69, 9.17) is 4.74 Å². The Morgan fingerprint density at radius 3 is 2.52 bits per heavy atom. The molecule has 0 saturated heterocycles. The normalized spacial score (nSPS) is 10.8. The molecule has 0 spiro atoms. The Kier molecular flexibility index (Phi) is 5.59. The quantitative estimate of drug-likeness (QED) is 0.696. The average molecular weight is 367 g/mol. The predicted octanol–water partition coefficient (Wildman–Crippen LogP) is 2.48. The monoisotopic (exact) mass is 367 g/mol. The number of carbonyl (C=O) groups is 1. The van der Waals surface area contributed by atoms with Crippen LogP contribution in [0.3, 0.4) is 0 Å². The molecule has 3 rings (SSSR count). The van der Waals surface area contributed by atoms with Crippen LogP contribution in [-0.2, 0) is 24.8 Å². The first-order chi connectivity index (χ1) is 13.0. The lowest BCUT2D eigenvalue weighted by Crippen LogP contribution is -2.23. The zero-order chi connectivity index (χ0) is 19.4. The fourth-order valence-electron chi connectivity index (χ4n) is 3.03. The largest absolute Gasteiger partial charge is 0.497 e. The molecule has 0 bridgehead atoms. The lowest BCUT2D eigenvalue weighted by atomic mass is 10.1. The van der Waals surface area contributed by atoms with E-state index in [-0.39, 0.29) is 5.91 Å². The smallest absolute Gasteiger partial charge is 0.220 e. The SMILES string of the molecule is COc1ccc(-n2ccc(CNC(=O)CCc3c(C)nn(C)c3C)n2)cc1. The van der Waals surface area contributed by atoms with E-state index in [9.17, 15) is 4.79 Å². The van der Waals surface area contributed by atoms with Gasteiger partial charge in [0.2, 0.25) is 5.91 Å². The fourth-order valence-corrected chi connectivity index (χ4v) is 3.03. The van der Waals surface area contributed by atoms with Gasteiger partial charge in [-0.1, -0.05) is 0 Å². The van der Waals surface area contributed by atoms with E-state index in [1.165, 1.54) is 0 Å². The van der Waals surface area contributed by atoms with Gasteiger partial charge in [-0.2, -0.15) is 10.2 Å². The minimum Gasteiger partial charge on any atom is -0.497 e. The van der Waals surface area contributed by atoms with Crippen molar-refractivity contribution in [3.05, 3.63) is 59.2 Å². The molecule has 0 aliphatic carbocycles. The Bertz CT molecular complexity index is 925. The molecular formula is C20H25N5O2. The summed E-state index contributed by atoms with van der Waals surface area (Å²) in [5, 5.41) is 11.8. The average Bonchev–Trinajstić information content (AvgIpc) is 3.24. The molecule has 27 heavy (non-hydrogen) atoms. The van der Waals surface area contributed by atoms with E-state index in [2.05, 4.69) is 15.5 Å². The molecule has 1 N–H and O–H groups in total. The van der Waals surface area contributed by atoms with Crippen molar-refractivity contribution in [1.29, 1.82) is 0 Å². The van der Waals surface area contributed by atoms with Gasteiger partial charge in [0, 0.05) is 25.4 Å². The van der Waals surface area contributed by atoms with Crippen molar-refractivity contribution < 1.29 is 9.53 Å². The maximum absolute atomic E-state index is 12.2. The zero-order valence-electron chi connectivity index (χ0n) is 16.2. The number of ether oxygens (including phenoxy) is 1. The van der Waals surface area contributed by atoms with Crippen LogP contribution < -0.4 is 10.1 Å². The second kappa shape index (κ2) is 8.07. The minimum absolute atomic E-state index is 0.0108. The van der Waals surface area contributed by atoms with Crippen LogP contribution in [0.5, 0.6) is 5.75 Å². The molecule has 1 aromatic carbocycles. The summed E-state index contributed by atoms with van der Waals surface area (Å²) in [5.74, 6) is 0.814. The van der Waals surface area contributed by atoms with Gasteiger partial charge in [0.15, 0.2) is 0 Å². The standard InChI is InChI=1S/C20H25N5O2/c1-14-19(15(2)24(3)22-14)9-10-20(26)21-13-16-11-12-25(23-16)17-5-7-18(27-4)8-6-17/h5-8,11-12H,9-10,13H2,1-4H3,(H,21,26). The number of methoxy groups -OCH3 is 1. The molecule has 0 unspecified atom stereocenters. The van der Waals surface area contributed by atoms with Crippen LogP contribution in [0.25, 0.3) is 5.69 Å². The first-order valence-electron chi connectivity index (χ1n) is 8.92. The highest BCUT2D eigenvalue weighted by Gasteiger charge is 2.11. The molecular weight excluding hydrogens is 342 g/mol. The number of nitrogens with one attached hydrogen (secondary N) is 1. The van der Waals surface area contributed by atoms with Gasteiger partial charge >= 0.3 is 0 Å². The van der Waals surface area contributed by atoms with Crippen LogP contribution in [-0.4, -0.2) is 32.6 Å². The van der Waals surface area contributed by atoms with E-state index in [1.54, 1.807) is 11.8 Å². The second-order valence-corrected chi connectivity index (χ2v) is 6.50. The Labute approximate surface area is 159 Å². The van der Waals surface area contributed by atoms with Crippen LogP contribution in [0.15, 0.2) is 36.5 Å². The summed E-state index contributed by atoms with van der Waals surface area (Å²) in [6.45, 7) is 4.41. The third-order valence-corrected chi connectivity index (χ3v) is 4.71. The molecule has 2 aromatic heterocycles. The van der Waals surface area contributed by atoms with Crippen molar-refractivity contribution >= 4 is 5.91 Å². The molecule has 0 aliphatic rings. The maximum atomic E-state index is 12.2. The first-order valence-corrected chi connectivity index (χ1v) is 8.92. The van der Waals surface area contributed by atoms with Crippen molar-refractivity contribution in [1.82, 2.24) is 24.9 Å². The number of aromatic nitrogens is 4. The van der Waals surface area contributed by atoms with E-state index >= 15 is 0 Å². The van der Waals surface area contributed by atoms with Crippen molar-refractivity contribution in [2.45, 2.75) is 33.2 Å². The van der Waals surface area contributed by atoms with Crippen LogP contribution in [0.2, 0.25) is 0 Å². The summed E-state index contributed by atoms with van der Waals surface area (Å²) in [6, 6.07) is 9.56. The first kappa shape index (κ1) is 18.7. The number of aryl methyl sites for hydroxylation is 2. The number of benzene rings is 1. The highest BCUT2D eigenvalue weighted by molar-refractivity contribution is 5.76. The molecule has 0 aliphatic heterocycles. The molecule has 0 fully saturated rings. The fraction of sp³-hybridized carbons (Fsp3) is 0.350. The third-order valence-electron chi connectivity index (χ3n) is 4.71. The molecule has 3 aromatic rings. The van der Waals surface area contributed by atoms with Gasteiger partial charge in [-0.3, -0.25) is 9.48 Å². The summed E-state index contributed by atoms with van der Waals surface area (Å²) < 4.78 is 8.80. The van der Waals surface area contributed by atoms with Crippen LogP contribution in [0, 0.1) is 13.8 Å². The van der Waals surface area contributed by atoms with Gasteiger partial charge < -0.3 is 10.1 Å². The predicted molar refractivity (Wildman–Crippen MR) is 103 cm³/mol. The second-order valence-electron chi connectivity index (χ2n) is 6.50. The highest BCUT2D eigenvalue weighted by Crippen LogP contribution is 2.15. The summed E-state index contributed by atoms with van der Waals surface area (Å²) in [7, 11) is 3.56. The van der Waals surface area contributed by atoms with E-state index in [1.807, 2.05) is 62.1 Å². The van der Waals surface area contributed by atoms with Crippen molar-refractivity contribution in [2.75, 3.05) is 7.11 Å². The van der Waals surface area contributed by atoms with Gasteiger partial charge in [-0.25, -0.2) is 4.68 Å². The number of amides is 1. The van der Waals surface area contributed by atoms with Gasteiger partial charge in [0.25, 0.3) is 0 Å². The van der Waals surface area contributed by atoms with Crippen LogP contribution >= 0.6 is 0 Å². The number of hydrogen-bond acceptors (Lipinski definition) is 4. The van der Waals surface area contributed by atoms with Crippen molar-refractivity contribution in [2.24, 2.45) is 7.05 Å². The highest BCUT2D eigenvalue weighted by atomic mass is 16.5. The van der Waals surface area contributed by atoms with Gasteiger partial charge in [0.05, 0.1) is 30.7 Å². The van der Waals surface area contributed by atoms with E-state index in [0.29, 0.717) is 19.4 Å². The van der Waals surface area contributed by atoms with E-state index in [0.717, 1.165) is 34.1 Å². The van der Waals surface area contributed by atoms with Gasteiger partial charge in [-0.05, 0) is 56.2 Å². The Balaban J connectivity index is 1.52. The lowest BCUT2D eigenvalue weighted by molar-refractivity contribution is -0.121. The van der Waals surface area contributed by atoms with Crippen LogP contribution in [0.4, 0.5) is 0 Å². The topological polar surface area (TPSA) is 74.0 Å². The maximum Gasteiger partial charge on any atom is 0.220 e. The van der Waals surface area contributed by atoms with Gasteiger partial charge in [0.1, 0.15) is 5.75 Å². The molecule has 7 heteroatoms. The Hall–Kier alpha value is -3.09. The van der Waals surface area contributed by atoms with Crippen molar-refractivity contribution in [3.63, 3.8) is 0 Å². The van der Waals surface area contributed by atoms with Crippen LogP contribution in [0.1, 0.15) is 29.1 Å². The zero-order valence-corrected chi connectivity index (χ0v) is 16.2. The molecule has 0 saturated carbocycles. The molecule has 142 valence electrons. The number of hydrogen-bond donors (Lipinski definition) is 1. The van der Waals surface area contributed by atoms with Gasteiger partial charge in [-0.15, -0.1) is 0 Å². The minimum atomic E-state index is 0.0108. The van der Waals surface area contributed by atoms with E-state index < -0.39 is 0 Å². The molecule has 2 heterocycles.